The molecule has 3 aromatic carbocycles. The van der Waals surface area contributed by atoms with Gasteiger partial charge in [0.1, 0.15) is 36.0 Å². The average Bonchev–Trinajstić information content (AvgIpc) is 3.60. The number of carbonyl (C=O) groups is 2. The number of aromatic nitrogens is 1. The Labute approximate surface area is 335 Å². The molecule has 11 nitrogen and oxygen atoms in total. The smallest absolute Gasteiger partial charge is 0.265 e. The van der Waals surface area contributed by atoms with Gasteiger partial charge < -0.3 is 33.4 Å². The van der Waals surface area contributed by atoms with Gasteiger partial charge >= 0.3 is 0 Å². The van der Waals surface area contributed by atoms with E-state index in [2.05, 4.69) is 39.0 Å². The molecule has 0 bridgehead atoms. The average molecular weight is 793 g/mol. The first-order valence-electron chi connectivity index (χ1n) is 19.4. The summed E-state index contributed by atoms with van der Waals surface area (Å²) in [6.07, 6.45) is 4.50. The molecule has 4 atom stereocenters. The van der Waals surface area contributed by atoms with Crippen molar-refractivity contribution in [1.29, 1.82) is 0 Å². The number of ketones is 2. The summed E-state index contributed by atoms with van der Waals surface area (Å²) in [6, 6.07) is 20.3. The maximum Gasteiger partial charge on any atom is 0.265 e. The van der Waals surface area contributed by atoms with Crippen LogP contribution in [0, 0.1) is 11.8 Å². The Kier molecular flexibility index (Phi) is 10.7. The predicted molar refractivity (Wildman–Crippen MR) is 217 cm³/mol. The summed E-state index contributed by atoms with van der Waals surface area (Å²) in [5, 5.41) is 29.0. The number of rotatable bonds is 12. The third kappa shape index (κ3) is 7.08. The van der Waals surface area contributed by atoms with Crippen molar-refractivity contribution >= 4 is 19.9 Å². The Morgan fingerprint density at radius 3 is 2.21 bits per heavy atom. The summed E-state index contributed by atoms with van der Waals surface area (Å²) in [7, 11) is 3.10. The molecule has 3 aliphatic carbocycles. The van der Waals surface area contributed by atoms with Crippen molar-refractivity contribution in [1.82, 2.24) is 10.1 Å². The van der Waals surface area contributed by atoms with E-state index in [0.29, 0.717) is 35.5 Å². The molecule has 0 fully saturated rings. The Morgan fingerprint density at radius 2 is 1.61 bits per heavy atom. The van der Waals surface area contributed by atoms with Crippen molar-refractivity contribution in [3.63, 3.8) is 0 Å². The fourth-order valence-electron chi connectivity index (χ4n) is 8.13. The summed E-state index contributed by atoms with van der Waals surface area (Å²) in [5.41, 5.74) is 0.779. The van der Waals surface area contributed by atoms with Crippen LogP contribution in [-0.2, 0) is 30.5 Å². The van der Waals surface area contributed by atoms with Crippen molar-refractivity contribution in [3.05, 3.63) is 130 Å². The van der Waals surface area contributed by atoms with E-state index < -0.39 is 49.1 Å². The summed E-state index contributed by atoms with van der Waals surface area (Å²) in [6.45, 7) is 11.1. The first-order valence-corrected chi connectivity index (χ1v) is 22.3. The third-order valence-corrected chi connectivity index (χ3v) is 16.5. The molecule has 4 aromatic rings. The lowest BCUT2D eigenvalue weighted by atomic mass is 9.58. The number of methoxy groups -OCH3 is 1. The van der Waals surface area contributed by atoms with Crippen molar-refractivity contribution in [2.75, 3.05) is 21.2 Å². The van der Waals surface area contributed by atoms with Crippen molar-refractivity contribution in [2.45, 2.75) is 83.0 Å². The number of Topliss-reactive ketones (excluding diaryl/α,β-unsaturated/α-hetero) is 2. The van der Waals surface area contributed by atoms with Crippen LogP contribution in [0.1, 0.15) is 82.0 Å². The van der Waals surface area contributed by atoms with Crippen molar-refractivity contribution in [3.8, 4) is 17.4 Å². The zero-order chi connectivity index (χ0) is 40.9. The predicted octanol–water partition coefficient (Wildman–Crippen LogP) is 8.34. The number of hydrogen-bond acceptors (Lipinski definition) is 11. The second kappa shape index (κ2) is 15.3. The molecule has 2 N–H and O–H groups in total. The zero-order valence-electron chi connectivity index (χ0n) is 33.9. The van der Waals surface area contributed by atoms with E-state index in [1.54, 1.807) is 13.4 Å². The van der Waals surface area contributed by atoms with Crippen LogP contribution in [0.4, 0.5) is 0 Å². The van der Waals surface area contributed by atoms with Crippen LogP contribution in [0.5, 0.6) is 17.4 Å². The molecule has 0 spiro atoms. The van der Waals surface area contributed by atoms with Gasteiger partial charge in [-0.05, 0) is 85.8 Å². The van der Waals surface area contributed by atoms with Crippen LogP contribution >= 0.6 is 0 Å². The van der Waals surface area contributed by atoms with E-state index in [4.69, 9.17) is 23.2 Å². The number of ether oxygens (including phenoxy) is 3. The fraction of sp³-hybridized carbons (Fsp3) is 0.400. The van der Waals surface area contributed by atoms with E-state index in [0.717, 1.165) is 11.1 Å². The van der Waals surface area contributed by atoms with Crippen LogP contribution in [0.25, 0.3) is 0 Å². The molecular weight excluding hydrogens is 741 g/mol. The number of allylic oxidation sites excluding steroid dienone is 2. The standard InChI is InChI=1S/C45H52N2O9Si/c1-44(2,3)57(7,8)55-21-15-20-29-24-33(52-6)31-22-30-23-32-37(47(4)5)40-36(43(46-56-40)54-26-28-18-13-10-14-19-28)42(50)45(32,51)41(49)34(30)38(48)35(31)39(29)53-25-27-16-11-9-12-17-27/h9-19,21,24,30,32,37,49,51H,20,22-23,25-26H2,1-8H3/b21-15-/t30-,32-,37-,45-/m0/s1. The molecule has 0 amide bonds. The molecule has 12 heteroatoms. The number of benzene rings is 3. The maximum absolute atomic E-state index is 15.1. The molecule has 7 rings (SSSR count). The number of aliphatic hydroxyl groups is 2. The third-order valence-electron chi connectivity index (χ3n) is 12.2. The Hall–Kier alpha value is -5.17. The van der Waals surface area contributed by atoms with Gasteiger partial charge in [0.2, 0.25) is 14.1 Å². The highest BCUT2D eigenvalue weighted by Gasteiger charge is 2.64. The van der Waals surface area contributed by atoms with Crippen LogP contribution in [0.15, 0.2) is 94.9 Å². The first kappa shape index (κ1) is 40.0. The molecule has 1 heterocycles. The highest BCUT2D eigenvalue weighted by Crippen LogP contribution is 2.57. The second-order valence-corrected chi connectivity index (χ2v) is 21.7. The van der Waals surface area contributed by atoms with Crippen LogP contribution < -0.4 is 14.2 Å². The van der Waals surface area contributed by atoms with E-state index in [9.17, 15) is 15.0 Å². The van der Waals surface area contributed by atoms with Gasteiger partial charge in [0.05, 0.1) is 25.0 Å². The SMILES string of the molecule is COc1cc(C/C=C\O[Si](C)(C)C(C)(C)C)c(OCc2ccccc2)c2c1C[C@H]1C[C@H]3[C@H](N(C)C)c4onc(OCc5ccccc5)c4C(=O)[C@@]3(O)C(O)=C1C2=O. The van der Waals surface area contributed by atoms with Gasteiger partial charge in [0.15, 0.2) is 17.1 Å². The lowest BCUT2D eigenvalue weighted by Crippen LogP contribution is -2.59. The van der Waals surface area contributed by atoms with Gasteiger partial charge in [0, 0.05) is 22.6 Å². The molecule has 0 unspecified atom stereocenters. The van der Waals surface area contributed by atoms with Crippen LogP contribution in [0.3, 0.4) is 0 Å². The lowest BCUT2D eigenvalue weighted by Gasteiger charge is -2.49. The zero-order valence-corrected chi connectivity index (χ0v) is 34.9. The molecule has 3 aliphatic rings. The fourth-order valence-corrected chi connectivity index (χ4v) is 8.92. The first-order chi connectivity index (χ1) is 27.1. The lowest BCUT2D eigenvalue weighted by molar-refractivity contribution is -0.0559. The molecule has 0 saturated heterocycles. The molecule has 57 heavy (non-hydrogen) atoms. The number of aliphatic hydroxyl groups excluding tert-OH is 1. The highest BCUT2D eigenvalue weighted by molar-refractivity contribution is 6.74. The van der Waals surface area contributed by atoms with Crippen molar-refractivity contribution in [2.24, 2.45) is 11.8 Å². The summed E-state index contributed by atoms with van der Waals surface area (Å²) in [4.78, 5) is 31.5. The molecule has 0 saturated carbocycles. The molecule has 300 valence electrons. The minimum absolute atomic E-state index is 0.0107. The van der Waals surface area contributed by atoms with Gasteiger partial charge in [0.25, 0.3) is 5.88 Å². The van der Waals surface area contributed by atoms with E-state index in [1.807, 2.05) is 91.8 Å². The molecule has 0 radical (unpaired) electrons. The number of fused-ring (bicyclic) bond motifs is 4. The van der Waals surface area contributed by atoms with Crippen LogP contribution in [-0.4, -0.2) is 67.0 Å². The quantitative estimate of drug-likeness (QED) is 0.106. The summed E-state index contributed by atoms with van der Waals surface area (Å²) < 4.78 is 30.6. The van der Waals surface area contributed by atoms with Crippen LogP contribution in [0.2, 0.25) is 18.1 Å². The van der Waals surface area contributed by atoms with E-state index >= 15 is 4.79 Å². The normalized spacial score (nSPS) is 21.9. The molecular formula is C45H52N2O9Si. The maximum atomic E-state index is 15.1. The second-order valence-electron chi connectivity index (χ2n) is 17.0. The summed E-state index contributed by atoms with van der Waals surface area (Å²) in [5.74, 6) is -2.44. The minimum atomic E-state index is -2.46. The topological polar surface area (TPSA) is 141 Å². The van der Waals surface area contributed by atoms with E-state index in [-0.39, 0.29) is 53.0 Å². The van der Waals surface area contributed by atoms with Gasteiger partial charge in [-0.3, -0.25) is 14.5 Å². The van der Waals surface area contributed by atoms with Gasteiger partial charge in [-0.2, -0.15) is 0 Å². The number of hydrogen-bond donors (Lipinski definition) is 2. The van der Waals surface area contributed by atoms with E-state index in [1.165, 1.54) is 0 Å². The minimum Gasteiger partial charge on any atom is -0.549 e. The largest absolute Gasteiger partial charge is 0.549 e. The summed E-state index contributed by atoms with van der Waals surface area (Å²) >= 11 is 0. The highest BCUT2D eigenvalue weighted by atomic mass is 28.4. The molecule has 1 aromatic heterocycles. The molecule has 0 aliphatic heterocycles. The Bertz CT molecular complexity index is 2220. The van der Waals surface area contributed by atoms with Gasteiger partial charge in [-0.1, -0.05) is 81.4 Å². The van der Waals surface area contributed by atoms with Gasteiger partial charge in [-0.25, -0.2) is 0 Å². The van der Waals surface area contributed by atoms with Crippen molar-refractivity contribution < 1.29 is 43.0 Å². The Morgan fingerprint density at radius 1 is 0.982 bits per heavy atom. The monoisotopic (exact) mass is 792 g/mol. The Balaban J connectivity index is 1.31. The number of nitrogens with zero attached hydrogens (tertiary/aromatic N) is 2. The van der Waals surface area contributed by atoms with Gasteiger partial charge in [-0.15, -0.1) is 0 Å². The number of carbonyl (C=O) groups excluding carboxylic acids is 2.